The highest BCUT2D eigenvalue weighted by molar-refractivity contribution is 5.85. The van der Waals surface area contributed by atoms with Crippen LogP contribution in [0.2, 0.25) is 0 Å². The number of nitrogens with one attached hydrogen (secondary N) is 1. The molecular formula is C17H25ClN2O. The van der Waals surface area contributed by atoms with Crippen molar-refractivity contribution in [3.8, 4) is 0 Å². The molecule has 1 aliphatic carbocycles. The molecule has 0 bridgehead atoms. The molecular weight excluding hydrogens is 284 g/mol. The van der Waals surface area contributed by atoms with Crippen molar-refractivity contribution >= 4 is 18.3 Å². The number of halogens is 1. The number of nitrogens with zero attached hydrogens (tertiary/aromatic N) is 1. The summed E-state index contributed by atoms with van der Waals surface area (Å²) in [5.74, 6) is 0.338. The molecule has 1 saturated carbocycles. The van der Waals surface area contributed by atoms with Gasteiger partial charge < -0.3 is 10.2 Å². The average molecular weight is 309 g/mol. The van der Waals surface area contributed by atoms with Crippen molar-refractivity contribution in [3.05, 3.63) is 35.9 Å². The van der Waals surface area contributed by atoms with Crippen LogP contribution in [0.3, 0.4) is 0 Å². The number of rotatable bonds is 6. The van der Waals surface area contributed by atoms with Crippen LogP contribution in [0.4, 0.5) is 0 Å². The van der Waals surface area contributed by atoms with Gasteiger partial charge in [0, 0.05) is 25.0 Å². The Morgan fingerprint density at radius 1 is 1.19 bits per heavy atom. The zero-order valence-electron chi connectivity index (χ0n) is 12.5. The van der Waals surface area contributed by atoms with E-state index in [4.69, 9.17) is 0 Å². The van der Waals surface area contributed by atoms with Crippen LogP contribution in [0.1, 0.15) is 44.1 Å². The zero-order valence-corrected chi connectivity index (χ0v) is 13.3. The van der Waals surface area contributed by atoms with Crippen LogP contribution in [0.5, 0.6) is 0 Å². The van der Waals surface area contributed by atoms with Crippen LogP contribution < -0.4 is 5.32 Å². The lowest BCUT2D eigenvalue weighted by atomic mass is 10.1. The fourth-order valence-electron chi connectivity index (χ4n) is 3.03. The SMILES string of the molecule is Cl.O=C(CCC1CCCN1)N(Cc1ccccc1)C1CC1. The minimum Gasteiger partial charge on any atom is -0.335 e. The van der Waals surface area contributed by atoms with E-state index in [1.54, 1.807) is 0 Å². The molecule has 1 atom stereocenters. The van der Waals surface area contributed by atoms with E-state index in [1.807, 2.05) is 18.2 Å². The fourth-order valence-corrected chi connectivity index (χ4v) is 3.03. The molecule has 4 heteroatoms. The van der Waals surface area contributed by atoms with Crippen molar-refractivity contribution in [2.45, 2.75) is 57.2 Å². The van der Waals surface area contributed by atoms with Gasteiger partial charge in [-0.15, -0.1) is 12.4 Å². The smallest absolute Gasteiger partial charge is 0.223 e. The quantitative estimate of drug-likeness (QED) is 0.875. The van der Waals surface area contributed by atoms with Gasteiger partial charge in [0.15, 0.2) is 0 Å². The Balaban J connectivity index is 0.00000161. The van der Waals surface area contributed by atoms with Crippen LogP contribution in [0, 0.1) is 0 Å². The molecule has 0 aromatic heterocycles. The average Bonchev–Trinajstić information content (AvgIpc) is 3.19. The number of carbonyl (C=O) groups is 1. The first-order valence-corrected chi connectivity index (χ1v) is 7.90. The van der Waals surface area contributed by atoms with Gasteiger partial charge in [-0.2, -0.15) is 0 Å². The first-order chi connectivity index (χ1) is 9.83. The van der Waals surface area contributed by atoms with E-state index in [9.17, 15) is 4.79 Å². The Hall–Kier alpha value is -1.06. The fraction of sp³-hybridized carbons (Fsp3) is 0.588. The lowest BCUT2D eigenvalue weighted by Gasteiger charge is -2.23. The summed E-state index contributed by atoms with van der Waals surface area (Å²) >= 11 is 0. The summed E-state index contributed by atoms with van der Waals surface area (Å²) in [5.41, 5.74) is 1.24. The topological polar surface area (TPSA) is 32.3 Å². The van der Waals surface area contributed by atoms with E-state index < -0.39 is 0 Å². The first-order valence-electron chi connectivity index (χ1n) is 7.90. The Kier molecular flexibility index (Phi) is 6.07. The minimum atomic E-state index is 0. The third-order valence-electron chi connectivity index (χ3n) is 4.37. The molecule has 1 N–H and O–H groups in total. The van der Waals surface area contributed by atoms with Crippen LogP contribution in [0.25, 0.3) is 0 Å². The maximum atomic E-state index is 12.5. The highest BCUT2D eigenvalue weighted by atomic mass is 35.5. The number of amides is 1. The summed E-state index contributed by atoms with van der Waals surface area (Å²) in [5, 5.41) is 3.47. The Labute approximate surface area is 133 Å². The molecule has 21 heavy (non-hydrogen) atoms. The second-order valence-electron chi connectivity index (χ2n) is 6.07. The summed E-state index contributed by atoms with van der Waals surface area (Å²) in [6.45, 7) is 1.90. The van der Waals surface area contributed by atoms with Crippen molar-refractivity contribution in [2.24, 2.45) is 0 Å². The standard InChI is InChI=1S/C17H24N2O.ClH/c20-17(11-8-15-7-4-12-18-15)19(16-9-10-16)13-14-5-2-1-3-6-14;/h1-3,5-6,15-16,18H,4,7-13H2;1H. The van der Waals surface area contributed by atoms with Crippen molar-refractivity contribution in [2.75, 3.05) is 6.54 Å². The molecule has 3 nitrogen and oxygen atoms in total. The molecule has 1 saturated heterocycles. The number of hydrogen-bond acceptors (Lipinski definition) is 2. The molecule has 1 aromatic carbocycles. The van der Waals surface area contributed by atoms with Crippen LogP contribution in [-0.2, 0) is 11.3 Å². The number of benzene rings is 1. The van der Waals surface area contributed by atoms with Crippen molar-refractivity contribution in [3.63, 3.8) is 0 Å². The molecule has 2 fully saturated rings. The molecule has 0 radical (unpaired) electrons. The molecule has 116 valence electrons. The van der Waals surface area contributed by atoms with Gasteiger partial charge in [-0.3, -0.25) is 4.79 Å². The van der Waals surface area contributed by atoms with Gasteiger partial charge >= 0.3 is 0 Å². The first kappa shape index (κ1) is 16.3. The minimum absolute atomic E-state index is 0. The Morgan fingerprint density at radius 2 is 1.95 bits per heavy atom. The monoisotopic (exact) mass is 308 g/mol. The second kappa shape index (κ2) is 7.81. The number of carbonyl (C=O) groups excluding carboxylic acids is 1. The molecule has 1 amide bonds. The zero-order chi connectivity index (χ0) is 13.8. The summed E-state index contributed by atoms with van der Waals surface area (Å²) in [7, 11) is 0. The van der Waals surface area contributed by atoms with E-state index in [2.05, 4.69) is 22.3 Å². The maximum Gasteiger partial charge on any atom is 0.223 e. The Bertz CT molecular complexity index is 441. The summed E-state index contributed by atoms with van der Waals surface area (Å²) in [6, 6.07) is 11.4. The van der Waals surface area contributed by atoms with E-state index in [0.717, 1.165) is 19.5 Å². The summed E-state index contributed by atoms with van der Waals surface area (Å²) in [4.78, 5) is 14.6. The molecule has 1 heterocycles. The third kappa shape index (κ3) is 4.72. The Morgan fingerprint density at radius 3 is 2.57 bits per heavy atom. The number of hydrogen-bond donors (Lipinski definition) is 1. The van der Waals surface area contributed by atoms with E-state index in [-0.39, 0.29) is 12.4 Å². The molecule has 3 rings (SSSR count). The lowest BCUT2D eigenvalue weighted by molar-refractivity contribution is -0.132. The lowest BCUT2D eigenvalue weighted by Crippen LogP contribution is -2.33. The predicted molar refractivity (Wildman–Crippen MR) is 87.5 cm³/mol. The molecule has 1 aromatic rings. The van der Waals surface area contributed by atoms with Crippen molar-refractivity contribution in [1.82, 2.24) is 10.2 Å². The normalized spacial score (nSPS) is 20.9. The van der Waals surface area contributed by atoms with E-state index >= 15 is 0 Å². The largest absolute Gasteiger partial charge is 0.335 e. The summed E-state index contributed by atoms with van der Waals surface area (Å²) < 4.78 is 0. The van der Waals surface area contributed by atoms with Gasteiger partial charge in [0.05, 0.1) is 0 Å². The maximum absolute atomic E-state index is 12.5. The molecule has 1 unspecified atom stereocenters. The third-order valence-corrected chi connectivity index (χ3v) is 4.37. The molecule has 1 aliphatic heterocycles. The van der Waals surface area contributed by atoms with E-state index in [1.165, 1.54) is 31.2 Å². The molecule has 2 aliphatic rings. The van der Waals surface area contributed by atoms with Crippen LogP contribution >= 0.6 is 12.4 Å². The van der Waals surface area contributed by atoms with Crippen LogP contribution in [0.15, 0.2) is 30.3 Å². The molecule has 0 spiro atoms. The van der Waals surface area contributed by atoms with Gasteiger partial charge in [0.25, 0.3) is 0 Å². The highest BCUT2D eigenvalue weighted by Crippen LogP contribution is 2.29. The van der Waals surface area contributed by atoms with Crippen LogP contribution in [-0.4, -0.2) is 29.4 Å². The van der Waals surface area contributed by atoms with E-state index in [0.29, 0.717) is 24.4 Å². The van der Waals surface area contributed by atoms with Gasteiger partial charge in [-0.05, 0) is 44.2 Å². The van der Waals surface area contributed by atoms with Crippen molar-refractivity contribution < 1.29 is 4.79 Å². The highest BCUT2D eigenvalue weighted by Gasteiger charge is 2.32. The second-order valence-corrected chi connectivity index (χ2v) is 6.07. The van der Waals surface area contributed by atoms with Gasteiger partial charge in [0.1, 0.15) is 0 Å². The van der Waals surface area contributed by atoms with Crippen molar-refractivity contribution in [1.29, 1.82) is 0 Å². The van der Waals surface area contributed by atoms with Gasteiger partial charge in [-0.1, -0.05) is 30.3 Å². The van der Waals surface area contributed by atoms with Gasteiger partial charge in [0.2, 0.25) is 5.91 Å². The predicted octanol–water partition coefficient (Wildman–Crippen LogP) is 3.13. The van der Waals surface area contributed by atoms with Gasteiger partial charge in [-0.25, -0.2) is 0 Å². The summed E-state index contributed by atoms with van der Waals surface area (Å²) in [6.07, 6.45) is 6.54.